The number of hydrogen-bond acceptors (Lipinski definition) is 3. The normalized spacial score (nSPS) is 15.1. The largest absolute Gasteiger partial charge is 0.367 e. The van der Waals surface area contributed by atoms with Gasteiger partial charge >= 0.3 is 6.03 Å². The van der Waals surface area contributed by atoms with Crippen LogP contribution >= 0.6 is 11.6 Å². The van der Waals surface area contributed by atoms with Gasteiger partial charge in [0.15, 0.2) is 0 Å². The van der Waals surface area contributed by atoms with E-state index in [1.807, 2.05) is 43.3 Å². The van der Waals surface area contributed by atoms with Gasteiger partial charge in [-0.15, -0.1) is 0 Å². The first kappa shape index (κ1) is 25.1. The molecule has 3 aromatic rings. The number of nitrogens with one attached hydrogen (secondary N) is 1. The number of rotatable bonds is 7. The lowest BCUT2D eigenvalue weighted by molar-refractivity contribution is 0.00376. The van der Waals surface area contributed by atoms with Gasteiger partial charge in [0, 0.05) is 49.0 Å². The van der Waals surface area contributed by atoms with Crippen LogP contribution in [-0.4, -0.2) is 48.6 Å². The molecule has 35 heavy (non-hydrogen) atoms. The first-order valence-corrected chi connectivity index (χ1v) is 11.9. The number of aryl methyl sites for hydroxylation is 1. The molecular weight excluding hydrogens is 472 g/mol. The van der Waals surface area contributed by atoms with Gasteiger partial charge in [-0.25, -0.2) is 13.6 Å². The zero-order chi connectivity index (χ0) is 24.8. The molecule has 1 unspecified atom stereocenters. The van der Waals surface area contributed by atoms with Gasteiger partial charge in [-0.1, -0.05) is 41.9 Å². The highest BCUT2D eigenvalue weighted by atomic mass is 35.5. The standard InChI is InChI=1S/C27H28ClF2N3O2/c1-19-4-2-5-22(16-19)31-27(34)33-14-12-32(13-15-33)17-26(20-8-10-21(28)11-9-20)35-18-23-24(29)6-3-7-25(23)30/h2-11,16,26H,12-15,17-18H2,1H3,(H,31,34). The molecule has 184 valence electrons. The number of hydrogen-bond donors (Lipinski definition) is 1. The van der Waals surface area contributed by atoms with Crippen molar-refractivity contribution in [1.82, 2.24) is 9.80 Å². The molecular formula is C27H28ClF2N3O2. The van der Waals surface area contributed by atoms with E-state index in [-0.39, 0.29) is 18.2 Å². The molecule has 0 spiro atoms. The zero-order valence-corrected chi connectivity index (χ0v) is 20.3. The van der Waals surface area contributed by atoms with Crippen molar-refractivity contribution in [2.24, 2.45) is 0 Å². The maximum Gasteiger partial charge on any atom is 0.321 e. The third-order valence-electron chi connectivity index (χ3n) is 6.09. The van der Waals surface area contributed by atoms with E-state index in [0.717, 1.165) is 16.8 Å². The van der Waals surface area contributed by atoms with Crippen LogP contribution in [0, 0.1) is 18.6 Å². The molecule has 1 aliphatic rings. The Morgan fingerprint density at radius 2 is 1.66 bits per heavy atom. The molecule has 0 saturated carbocycles. The third-order valence-corrected chi connectivity index (χ3v) is 6.34. The fourth-order valence-corrected chi connectivity index (χ4v) is 4.21. The minimum absolute atomic E-state index is 0.0934. The van der Waals surface area contributed by atoms with Gasteiger partial charge in [0.05, 0.1) is 12.7 Å². The Bertz CT molecular complexity index is 1130. The summed E-state index contributed by atoms with van der Waals surface area (Å²) < 4.78 is 34.3. The Labute approximate surface area is 209 Å². The summed E-state index contributed by atoms with van der Waals surface area (Å²) in [6.45, 7) is 4.75. The number of carbonyl (C=O) groups excluding carboxylic acids is 1. The van der Waals surface area contributed by atoms with Gasteiger partial charge in [0.25, 0.3) is 0 Å². The summed E-state index contributed by atoms with van der Waals surface area (Å²) in [5.41, 5.74) is 2.63. The van der Waals surface area contributed by atoms with Gasteiger partial charge < -0.3 is 15.0 Å². The quantitative estimate of drug-likeness (QED) is 0.431. The zero-order valence-electron chi connectivity index (χ0n) is 19.5. The molecule has 1 fully saturated rings. The van der Waals surface area contributed by atoms with Crippen molar-refractivity contribution >= 4 is 23.3 Å². The van der Waals surface area contributed by atoms with Gasteiger partial charge in [-0.05, 0) is 54.4 Å². The molecule has 1 atom stereocenters. The Hall–Kier alpha value is -3.00. The van der Waals surface area contributed by atoms with Crippen LogP contribution < -0.4 is 5.32 Å². The molecule has 4 rings (SSSR count). The van der Waals surface area contributed by atoms with Crippen molar-refractivity contribution < 1.29 is 18.3 Å². The molecule has 8 heteroatoms. The lowest BCUT2D eigenvalue weighted by Crippen LogP contribution is -2.50. The molecule has 0 radical (unpaired) electrons. The highest BCUT2D eigenvalue weighted by Gasteiger charge is 2.25. The molecule has 5 nitrogen and oxygen atoms in total. The lowest BCUT2D eigenvalue weighted by Gasteiger charge is -2.36. The maximum absolute atomic E-state index is 14.1. The van der Waals surface area contributed by atoms with E-state index in [1.54, 1.807) is 17.0 Å². The molecule has 0 aromatic heterocycles. The van der Waals surface area contributed by atoms with Crippen LogP contribution in [0.2, 0.25) is 5.02 Å². The van der Waals surface area contributed by atoms with Crippen LogP contribution in [0.3, 0.4) is 0 Å². The predicted octanol–water partition coefficient (Wildman–Crippen LogP) is 6.03. The minimum atomic E-state index is -0.631. The number of carbonyl (C=O) groups is 1. The number of halogens is 3. The number of piperazine rings is 1. The Morgan fingerprint density at radius 3 is 2.31 bits per heavy atom. The summed E-state index contributed by atoms with van der Waals surface area (Å²) in [5.74, 6) is -1.26. The molecule has 1 aliphatic heterocycles. The van der Waals surface area contributed by atoms with Crippen LogP contribution in [0.1, 0.15) is 22.8 Å². The summed E-state index contributed by atoms with van der Waals surface area (Å²) in [6, 6.07) is 18.6. The Balaban J connectivity index is 1.37. The number of nitrogens with zero attached hydrogens (tertiary/aromatic N) is 2. The summed E-state index contributed by atoms with van der Waals surface area (Å²) in [5, 5.41) is 3.55. The second-order valence-electron chi connectivity index (χ2n) is 8.64. The highest BCUT2D eigenvalue weighted by Crippen LogP contribution is 2.25. The summed E-state index contributed by atoms with van der Waals surface area (Å²) >= 11 is 6.04. The Kier molecular flexibility index (Phi) is 8.33. The summed E-state index contributed by atoms with van der Waals surface area (Å²) in [4.78, 5) is 16.6. The molecule has 1 N–H and O–H groups in total. The number of benzene rings is 3. The van der Waals surface area contributed by atoms with Gasteiger partial charge in [-0.3, -0.25) is 4.90 Å². The van der Waals surface area contributed by atoms with Gasteiger partial charge in [-0.2, -0.15) is 0 Å². The van der Waals surface area contributed by atoms with Gasteiger partial charge in [0.1, 0.15) is 11.6 Å². The average Bonchev–Trinajstić information content (AvgIpc) is 2.84. The van der Waals surface area contributed by atoms with E-state index in [1.165, 1.54) is 18.2 Å². The van der Waals surface area contributed by atoms with Crippen molar-refractivity contribution in [1.29, 1.82) is 0 Å². The summed E-state index contributed by atoms with van der Waals surface area (Å²) in [6.07, 6.45) is -0.418. The van der Waals surface area contributed by atoms with E-state index >= 15 is 0 Å². The average molecular weight is 500 g/mol. The van der Waals surface area contributed by atoms with Crippen LogP contribution in [0.4, 0.5) is 19.3 Å². The molecule has 1 heterocycles. The topological polar surface area (TPSA) is 44.8 Å². The van der Waals surface area contributed by atoms with Crippen LogP contribution in [-0.2, 0) is 11.3 Å². The van der Waals surface area contributed by atoms with Crippen LogP contribution in [0.15, 0.2) is 66.7 Å². The SMILES string of the molecule is Cc1cccc(NC(=O)N2CCN(CC(OCc3c(F)cccc3F)c3ccc(Cl)cc3)CC2)c1. The fourth-order valence-electron chi connectivity index (χ4n) is 4.08. The van der Waals surface area contributed by atoms with Crippen LogP contribution in [0.5, 0.6) is 0 Å². The fraction of sp³-hybridized carbons (Fsp3) is 0.296. The first-order valence-electron chi connectivity index (χ1n) is 11.5. The number of amides is 2. The second-order valence-corrected chi connectivity index (χ2v) is 9.08. The number of ether oxygens (including phenoxy) is 1. The van der Waals surface area contributed by atoms with E-state index in [0.29, 0.717) is 37.7 Å². The third kappa shape index (κ3) is 6.78. The predicted molar refractivity (Wildman–Crippen MR) is 134 cm³/mol. The van der Waals surface area contributed by atoms with E-state index in [4.69, 9.17) is 16.3 Å². The monoisotopic (exact) mass is 499 g/mol. The van der Waals surface area contributed by atoms with Gasteiger partial charge in [0.2, 0.25) is 0 Å². The maximum atomic E-state index is 14.1. The van der Waals surface area contributed by atoms with Crippen molar-refractivity contribution in [3.8, 4) is 0 Å². The second kappa shape index (κ2) is 11.6. The molecule has 0 bridgehead atoms. The lowest BCUT2D eigenvalue weighted by atomic mass is 10.1. The first-order chi connectivity index (χ1) is 16.9. The van der Waals surface area contributed by atoms with Crippen molar-refractivity contribution in [2.45, 2.75) is 19.6 Å². The van der Waals surface area contributed by atoms with Crippen LogP contribution in [0.25, 0.3) is 0 Å². The Morgan fingerprint density at radius 1 is 1.00 bits per heavy atom. The molecule has 3 aromatic carbocycles. The molecule has 0 aliphatic carbocycles. The van der Waals surface area contributed by atoms with Crippen molar-refractivity contribution in [2.75, 3.05) is 38.0 Å². The number of anilines is 1. The van der Waals surface area contributed by atoms with Crippen molar-refractivity contribution in [3.05, 3.63) is 100 Å². The van der Waals surface area contributed by atoms with E-state index < -0.39 is 17.7 Å². The molecule has 2 amide bonds. The van der Waals surface area contributed by atoms with Crippen molar-refractivity contribution in [3.63, 3.8) is 0 Å². The summed E-state index contributed by atoms with van der Waals surface area (Å²) in [7, 11) is 0. The molecule has 1 saturated heterocycles. The smallest absolute Gasteiger partial charge is 0.321 e. The van der Waals surface area contributed by atoms with E-state index in [2.05, 4.69) is 10.2 Å². The van der Waals surface area contributed by atoms with E-state index in [9.17, 15) is 13.6 Å². The highest BCUT2D eigenvalue weighted by molar-refractivity contribution is 6.30. The minimum Gasteiger partial charge on any atom is -0.367 e. The number of urea groups is 1.